The van der Waals surface area contributed by atoms with Gasteiger partial charge in [-0.2, -0.15) is 5.26 Å². The Hall–Kier alpha value is -2.67. The Morgan fingerprint density at radius 2 is 2.18 bits per heavy atom. The molecule has 2 rings (SSSR count). The molecular formula is C13H9N3O. The summed E-state index contributed by atoms with van der Waals surface area (Å²) in [5.41, 5.74) is 5.75. The summed E-state index contributed by atoms with van der Waals surface area (Å²) in [6.45, 7) is 0. The number of carbonyl (C=O) groups excluding carboxylic acids is 1. The van der Waals surface area contributed by atoms with E-state index in [0.29, 0.717) is 0 Å². The van der Waals surface area contributed by atoms with Crippen molar-refractivity contribution in [1.29, 1.82) is 5.26 Å². The minimum absolute atomic E-state index is 0.0618. The molecule has 0 unspecified atom stereocenters. The first-order chi connectivity index (χ1) is 8.20. The second kappa shape index (κ2) is 4.45. The van der Waals surface area contributed by atoms with Gasteiger partial charge < -0.3 is 5.73 Å². The third-order valence-corrected chi connectivity index (χ3v) is 2.36. The minimum Gasteiger partial charge on any atom is -0.365 e. The number of benzene rings is 1. The lowest BCUT2D eigenvalue weighted by Crippen LogP contribution is -2.12. The first-order valence-corrected chi connectivity index (χ1v) is 4.96. The molecular weight excluding hydrogens is 214 g/mol. The van der Waals surface area contributed by atoms with E-state index in [1.165, 1.54) is 6.08 Å². The monoisotopic (exact) mass is 223 g/mol. The molecule has 0 aliphatic rings. The first-order valence-electron chi connectivity index (χ1n) is 4.96. The highest BCUT2D eigenvalue weighted by molar-refractivity contribution is 6.01. The lowest BCUT2D eigenvalue weighted by Gasteiger charge is -1.99. The van der Waals surface area contributed by atoms with Crippen molar-refractivity contribution in [3.05, 3.63) is 47.8 Å². The van der Waals surface area contributed by atoms with Gasteiger partial charge in [0.05, 0.1) is 0 Å². The zero-order valence-electron chi connectivity index (χ0n) is 8.92. The third kappa shape index (κ3) is 2.29. The molecule has 2 N–H and O–H groups in total. The molecule has 0 saturated carbocycles. The number of aromatic nitrogens is 1. The third-order valence-electron chi connectivity index (χ3n) is 2.36. The highest BCUT2D eigenvalue weighted by Gasteiger charge is 2.03. The summed E-state index contributed by atoms with van der Waals surface area (Å²) in [6.07, 6.45) is 4.90. The number of carbonyl (C=O) groups is 1. The number of nitrogens with two attached hydrogens (primary N) is 1. The summed E-state index contributed by atoms with van der Waals surface area (Å²) in [6, 6.07) is 9.23. The zero-order valence-corrected chi connectivity index (χ0v) is 8.92. The standard InChI is InChI=1S/C13H9N3O/c14-7-11(13(15)17)5-9-1-2-10-3-4-16-8-12(10)6-9/h1-6,8H,(H2,15,17)/b11-5+. The van der Waals surface area contributed by atoms with Crippen LogP contribution in [0.5, 0.6) is 0 Å². The molecule has 0 saturated heterocycles. The fourth-order valence-electron chi connectivity index (χ4n) is 1.52. The number of rotatable bonds is 2. The lowest BCUT2D eigenvalue weighted by molar-refractivity contribution is -0.114. The van der Waals surface area contributed by atoms with Crippen LogP contribution >= 0.6 is 0 Å². The number of nitriles is 1. The van der Waals surface area contributed by atoms with Crippen molar-refractivity contribution in [2.45, 2.75) is 0 Å². The second-order valence-corrected chi connectivity index (χ2v) is 3.52. The van der Waals surface area contributed by atoms with Crippen molar-refractivity contribution in [3.63, 3.8) is 0 Å². The van der Waals surface area contributed by atoms with Gasteiger partial charge in [0, 0.05) is 17.8 Å². The predicted molar refractivity (Wildman–Crippen MR) is 64.5 cm³/mol. The molecule has 2 aromatic rings. The van der Waals surface area contributed by atoms with Crippen molar-refractivity contribution in [1.82, 2.24) is 4.98 Å². The summed E-state index contributed by atoms with van der Waals surface area (Å²) < 4.78 is 0. The molecule has 1 aromatic heterocycles. The molecule has 0 bridgehead atoms. The molecule has 4 heteroatoms. The summed E-state index contributed by atoms with van der Waals surface area (Å²) in [7, 11) is 0. The SMILES string of the molecule is N#C/C(=C\c1ccc2ccncc2c1)C(N)=O. The topological polar surface area (TPSA) is 79.8 Å². The molecule has 0 fully saturated rings. The maximum atomic E-state index is 10.9. The van der Waals surface area contributed by atoms with E-state index in [0.717, 1.165) is 16.3 Å². The molecule has 0 spiro atoms. The van der Waals surface area contributed by atoms with Crippen LogP contribution in [0.15, 0.2) is 42.2 Å². The molecule has 1 heterocycles. The van der Waals surface area contributed by atoms with E-state index >= 15 is 0 Å². The maximum Gasteiger partial charge on any atom is 0.259 e. The molecule has 1 aromatic carbocycles. The van der Waals surface area contributed by atoms with Gasteiger partial charge >= 0.3 is 0 Å². The van der Waals surface area contributed by atoms with Crippen LogP contribution in [0.2, 0.25) is 0 Å². The van der Waals surface area contributed by atoms with Crippen molar-refractivity contribution < 1.29 is 4.79 Å². The Morgan fingerprint density at radius 1 is 1.35 bits per heavy atom. The van der Waals surface area contributed by atoms with Crippen LogP contribution in [-0.2, 0) is 4.79 Å². The Labute approximate surface area is 98.0 Å². The highest BCUT2D eigenvalue weighted by atomic mass is 16.1. The average molecular weight is 223 g/mol. The number of pyridine rings is 1. The number of hydrogen-bond donors (Lipinski definition) is 1. The van der Waals surface area contributed by atoms with Crippen LogP contribution in [-0.4, -0.2) is 10.9 Å². The van der Waals surface area contributed by atoms with Gasteiger partial charge in [-0.05, 0) is 29.2 Å². The van der Waals surface area contributed by atoms with Crippen molar-refractivity contribution in [3.8, 4) is 6.07 Å². The van der Waals surface area contributed by atoms with Gasteiger partial charge in [0.25, 0.3) is 5.91 Å². The smallest absolute Gasteiger partial charge is 0.259 e. The summed E-state index contributed by atoms with van der Waals surface area (Å²) in [4.78, 5) is 14.9. The van der Waals surface area contributed by atoms with Crippen molar-refractivity contribution in [2.24, 2.45) is 5.73 Å². The number of amides is 1. The number of hydrogen-bond acceptors (Lipinski definition) is 3. The molecule has 4 nitrogen and oxygen atoms in total. The predicted octanol–water partition coefficient (Wildman–Crippen LogP) is 1.63. The molecule has 1 amide bonds. The van der Waals surface area contributed by atoms with E-state index in [1.54, 1.807) is 18.5 Å². The first kappa shape index (κ1) is 10.8. The van der Waals surface area contributed by atoms with Crippen LogP contribution in [0.1, 0.15) is 5.56 Å². The van der Waals surface area contributed by atoms with E-state index in [-0.39, 0.29) is 5.57 Å². The van der Waals surface area contributed by atoms with Gasteiger partial charge in [-0.15, -0.1) is 0 Å². The minimum atomic E-state index is -0.723. The number of primary amides is 1. The summed E-state index contributed by atoms with van der Waals surface area (Å²) in [5.74, 6) is -0.723. The van der Waals surface area contributed by atoms with E-state index in [4.69, 9.17) is 11.0 Å². The molecule has 0 atom stereocenters. The second-order valence-electron chi connectivity index (χ2n) is 3.52. The normalized spacial score (nSPS) is 11.1. The van der Waals surface area contributed by atoms with E-state index < -0.39 is 5.91 Å². The van der Waals surface area contributed by atoms with Crippen LogP contribution < -0.4 is 5.73 Å². The number of nitrogens with zero attached hydrogens (tertiary/aromatic N) is 2. The van der Waals surface area contributed by atoms with Gasteiger partial charge in [0.1, 0.15) is 11.6 Å². The average Bonchev–Trinajstić information content (AvgIpc) is 2.35. The van der Waals surface area contributed by atoms with Crippen LogP contribution in [0.25, 0.3) is 16.8 Å². The molecule has 82 valence electrons. The van der Waals surface area contributed by atoms with E-state index in [1.807, 2.05) is 24.3 Å². The molecule has 0 radical (unpaired) electrons. The van der Waals surface area contributed by atoms with Gasteiger partial charge in [-0.25, -0.2) is 0 Å². The van der Waals surface area contributed by atoms with Gasteiger partial charge in [-0.1, -0.05) is 12.1 Å². The zero-order chi connectivity index (χ0) is 12.3. The Balaban J connectivity index is 2.51. The molecule has 0 aliphatic heterocycles. The largest absolute Gasteiger partial charge is 0.365 e. The fourth-order valence-corrected chi connectivity index (χ4v) is 1.52. The lowest BCUT2D eigenvalue weighted by atomic mass is 10.1. The summed E-state index contributed by atoms with van der Waals surface area (Å²) >= 11 is 0. The Bertz CT molecular complexity index is 653. The molecule has 0 aliphatic carbocycles. The van der Waals surface area contributed by atoms with Gasteiger partial charge in [-0.3, -0.25) is 9.78 Å². The quantitative estimate of drug-likeness (QED) is 0.620. The Kier molecular flexibility index (Phi) is 2.84. The van der Waals surface area contributed by atoms with E-state index in [2.05, 4.69) is 4.98 Å². The Morgan fingerprint density at radius 3 is 2.88 bits per heavy atom. The maximum absolute atomic E-state index is 10.9. The van der Waals surface area contributed by atoms with Crippen molar-refractivity contribution >= 4 is 22.8 Å². The summed E-state index contributed by atoms with van der Waals surface area (Å²) in [5, 5.41) is 10.7. The van der Waals surface area contributed by atoms with Gasteiger partial charge in [0.2, 0.25) is 0 Å². The fraction of sp³-hybridized carbons (Fsp3) is 0. The van der Waals surface area contributed by atoms with Gasteiger partial charge in [0.15, 0.2) is 0 Å². The van der Waals surface area contributed by atoms with Crippen LogP contribution in [0, 0.1) is 11.3 Å². The number of fused-ring (bicyclic) bond motifs is 1. The highest BCUT2D eigenvalue weighted by Crippen LogP contribution is 2.16. The molecule has 17 heavy (non-hydrogen) atoms. The van der Waals surface area contributed by atoms with Crippen LogP contribution in [0.3, 0.4) is 0 Å². The van der Waals surface area contributed by atoms with E-state index in [9.17, 15) is 4.79 Å². The van der Waals surface area contributed by atoms with Crippen molar-refractivity contribution in [2.75, 3.05) is 0 Å². The van der Waals surface area contributed by atoms with Crippen LogP contribution in [0.4, 0.5) is 0 Å².